The Kier molecular flexibility index (Phi) is 9.10. The lowest BCUT2D eigenvalue weighted by Crippen LogP contribution is -2.41. The van der Waals surface area contributed by atoms with Crippen LogP contribution in [0.4, 0.5) is 11.9 Å². The molecule has 4 aliphatic rings. The minimum atomic E-state index is -0.535. The van der Waals surface area contributed by atoms with Crippen molar-refractivity contribution < 1.29 is 28.2 Å². The lowest BCUT2D eigenvalue weighted by atomic mass is 9.84. The lowest BCUT2D eigenvalue weighted by Gasteiger charge is -2.32. The van der Waals surface area contributed by atoms with Gasteiger partial charge in [0.25, 0.3) is 0 Å². The molecule has 0 spiro atoms. The van der Waals surface area contributed by atoms with Crippen LogP contribution in [0, 0.1) is 11.8 Å². The van der Waals surface area contributed by atoms with Crippen molar-refractivity contribution in [3.05, 3.63) is 36.4 Å². The van der Waals surface area contributed by atoms with Crippen molar-refractivity contribution >= 4 is 71.4 Å². The Labute approximate surface area is 291 Å². The Morgan fingerprint density at radius 2 is 1.16 bits per heavy atom. The first-order valence-electron chi connectivity index (χ1n) is 16.6. The molecule has 0 bridgehead atoms. The summed E-state index contributed by atoms with van der Waals surface area (Å²) in [6, 6.07) is 11.3. The number of anilines is 2. The minimum Gasteiger partial charge on any atom is -0.398 e. The highest BCUT2D eigenvalue weighted by atomic mass is 35.5. The molecule has 17 heteroatoms. The topological polar surface area (TPSA) is 169 Å². The van der Waals surface area contributed by atoms with E-state index in [0.717, 1.165) is 36.9 Å². The van der Waals surface area contributed by atoms with Crippen molar-refractivity contribution in [1.29, 1.82) is 0 Å². The van der Waals surface area contributed by atoms with Gasteiger partial charge >= 0.3 is 14.2 Å². The average molecular weight is 693 g/mol. The summed E-state index contributed by atoms with van der Waals surface area (Å²) in [5.74, 6) is 0.883. The molecule has 4 aromatic rings. The number of hydrogen-bond donors (Lipinski definition) is 2. The number of hydrogen-bond acceptors (Lipinski definition) is 11. The fourth-order valence-corrected chi connectivity index (χ4v) is 5.29. The Morgan fingerprint density at radius 1 is 0.735 bits per heavy atom. The molecular weight excluding hydrogens is 649 g/mol. The first-order chi connectivity index (χ1) is 22.9. The number of aromatic nitrogens is 6. The fraction of sp³-hybridized carbons (Fsp3) is 0.562. The third-order valence-corrected chi connectivity index (χ3v) is 10.2. The zero-order chi connectivity index (χ0) is 35.5. The van der Waals surface area contributed by atoms with E-state index in [1.807, 2.05) is 91.8 Å². The molecule has 0 radical (unpaired) electrons. The van der Waals surface area contributed by atoms with Gasteiger partial charge in [-0.25, -0.2) is 9.03 Å². The number of amides is 1. The van der Waals surface area contributed by atoms with E-state index in [2.05, 4.69) is 25.5 Å². The predicted octanol–water partition coefficient (Wildman–Crippen LogP) is 3.15. The molecule has 1 amide bonds. The summed E-state index contributed by atoms with van der Waals surface area (Å²) in [5.41, 5.74) is 6.90. The van der Waals surface area contributed by atoms with Crippen LogP contribution < -0.4 is 22.2 Å². The van der Waals surface area contributed by atoms with Crippen LogP contribution in [0.5, 0.6) is 0 Å². The molecule has 4 fully saturated rings. The maximum Gasteiger partial charge on any atom is 0.514 e. The predicted molar refractivity (Wildman–Crippen MR) is 187 cm³/mol. The molecular formula is C32H43B2ClN8O6. The van der Waals surface area contributed by atoms with Crippen LogP contribution in [-0.2, 0) is 28.2 Å². The Balaban J connectivity index is 0.000000148. The second kappa shape index (κ2) is 12.6. The van der Waals surface area contributed by atoms with Crippen molar-refractivity contribution in [2.75, 3.05) is 11.1 Å². The van der Waals surface area contributed by atoms with Crippen molar-refractivity contribution in [3.8, 4) is 0 Å². The van der Waals surface area contributed by atoms with E-state index >= 15 is 0 Å². The summed E-state index contributed by atoms with van der Waals surface area (Å²) < 4.78 is 27.6. The van der Waals surface area contributed by atoms with Crippen LogP contribution in [-0.4, -0.2) is 77.0 Å². The maximum absolute atomic E-state index is 11.9. The van der Waals surface area contributed by atoms with Crippen LogP contribution in [0.2, 0.25) is 0 Å². The number of rotatable bonds is 5. The molecule has 2 saturated carbocycles. The summed E-state index contributed by atoms with van der Waals surface area (Å²) in [6.45, 7) is 16.1. The van der Waals surface area contributed by atoms with E-state index in [0.29, 0.717) is 17.2 Å². The number of nitrogen functional groups attached to an aromatic ring is 1. The van der Waals surface area contributed by atoms with Gasteiger partial charge in [0.1, 0.15) is 0 Å². The molecule has 3 N–H and O–H groups in total. The average Bonchev–Trinajstić information content (AvgIpc) is 3.91. The summed E-state index contributed by atoms with van der Waals surface area (Å²) in [7, 11) is -1.01. The van der Waals surface area contributed by atoms with Gasteiger partial charge in [-0.1, -0.05) is 12.1 Å². The maximum atomic E-state index is 11.9. The fourth-order valence-electron chi connectivity index (χ4n) is 5.07. The van der Waals surface area contributed by atoms with Crippen LogP contribution >= 0.6 is 11.6 Å². The van der Waals surface area contributed by atoms with Gasteiger partial charge in [-0.15, -0.1) is 10.2 Å². The smallest absolute Gasteiger partial charge is 0.398 e. The molecule has 0 aromatic carbocycles. The zero-order valence-corrected chi connectivity index (χ0v) is 29.9. The molecule has 2 aliphatic heterocycles. The van der Waals surface area contributed by atoms with E-state index in [9.17, 15) is 9.59 Å². The van der Waals surface area contributed by atoms with Crippen molar-refractivity contribution in [2.24, 2.45) is 11.8 Å². The van der Waals surface area contributed by atoms with Gasteiger partial charge in [-0.05, 0) is 117 Å². The summed E-state index contributed by atoms with van der Waals surface area (Å²) in [4.78, 5) is 30.4. The molecule has 2 saturated heterocycles. The van der Waals surface area contributed by atoms with Crippen LogP contribution in [0.15, 0.2) is 36.4 Å². The second-order valence-electron chi connectivity index (χ2n) is 14.9. The molecule has 6 heterocycles. The Bertz CT molecular complexity index is 1860. The molecule has 4 aromatic heterocycles. The van der Waals surface area contributed by atoms with Crippen LogP contribution in [0.25, 0.3) is 11.3 Å². The first-order valence-corrected chi connectivity index (χ1v) is 16.9. The number of nitrogens with one attached hydrogen (secondary N) is 1. The highest BCUT2D eigenvalue weighted by molar-refractivity contribution is 6.64. The largest absolute Gasteiger partial charge is 0.514 e. The van der Waals surface area contributed by atoms with Gasteiger partial charge in [0, 0.05) is 11.8 Å². The van der Waals surface area contributed by atoms with Crippen molar-refractivity contribution in [2.45, 2.75) is 103 Å². The highest BCUT2D eigenvalue weighted by Gasteiger charge is 2.53. The molecule has 14 nitrogen and oxygen atoms in total. The highest BCUT2D eigenvalue weighted by Crippen LogP contribution is 2.37. The number of carbonyl (C=O) groups excluding carboxylic acids is 2. The Morgan fingerprint density at radius 3 is 1.57 bits per heavy atom. The SMILES string of the molecule is CC1(C)OB(c2cccc3nc(N)nn23)OC1(C)C.CC1(C)OB(c2cccc3nc(NC(=O)C4CC4)nn23)OC1(C)C.O=C(Cl)C1CC1. The number of halogens is 1. The van der Waals surface area contributed by atoms with Gasteiger partial charge in [-0.3, -0.25) is 14.9 Å². The Hall–Kier alpha value is -3.56. The van der Waals surface area contributed by atoms with Crippen LogP contribution in [0.3, 0.4) is 0 Å². The number of pyridine rings is 2. The second-order valence-corrected chi connectivity index (χ2v) is 15.2. The van der Waals surface area contributed by atoms with Gasteiger partial charge < -0.3 is 24.4 Å². The monoisotopic (exact) mass is 692 g/mol. The van der Waals surface area contributed by atoms with Crippen molar-refractivity contribution in [1.82, 2.24) is 29.2 Å². The van der Waals surface area contributed by atoms with E-state index in [4.69, 9.17) is 36.0 Å². The molecule has 8 rings (SSSR count). The van der Waals surface area contributed by atoms with Crippen molar-refractivity contribution in [3.63, 3.8) is 0 Å². The molecule has 2 aliphatic carbocycles. The van der Waals surface area contributed by atoms with E-state index in [1.165, 1.54) is 0 Å². The van der Waals surface area contributed by atoms with E-state index in [-0.39, 0.29) is 40.1 Å². The molecule has 0 atom stereocenters. The first kappa shape index (κ1) is 35.3. The van der Waals surface area contributed by atoms with E-state index in [1.54, 1.807) is 9.03 Å². The van der Waals surface area contributed by atoms with E-state index < -0.39 is 25.4 Å². The number of nitrogens with two attached hydrogens (primary N) is 1. The summed E-state index contributed by atoms with van der Waals surface area (Å²) >= 11 is 5.04. The standard InChI is InChI=1S/C16H21BN4O3.C12H17BN4O2.C4H5ClO/c1-15(2)16(3,4)24-17(23-15)11-6-5-7-12-18-14(20-21(11)12)19-13(22)10-8-9-10;1-11(2)12(3,4)19-13(18-11)8-6-5-7-9-15-10(14)16-17(8)9;5-4(6)3-1-2-3/h5-7,10H,8-9H2,1-4H3,(H,19,20,22);5-7H,1-4H3,(H2,14,16);3H,1-2H2. The minimum absolute atomic E-state index is 0.0110. The molecule has 49 heavy (non-hydrogen) atoms. The number of carbonyl (C=O) groups is 2. The number of nitrogens with zero attached hydrogens (tertiary/aromatic N) is 6. The van der Waals surface area contributed by atoms with Gasteiger partial charge in [0.05, 0.1) is 33.6 Å². The third-order valence-electron chi connectivity index (χ3n) is 9.87. The van der Waals surface area contributed by atoms with Gasteiger partial charge in [-0.2, -0.15) is 9.97 Å². The molecule has 0 unspecified atom stereocenters. The van der Waals surface area contributed by atoms with Gasteiger partial charge in [0.15, 0.2) is 11.3 Å². The summed E-state index contributed by atoms with van der Waals surface area (Å²) in [6.07, 6.45) is 3.92. The van der Waals surface area contributed by atoms with Gasteiger partial charge in [0.2, 0.25) is 23.0 Å². The zero-order valence-electron chi connectivity index (χ0n) is 29.2. The summed E-state index contributed by atoms with van der Waals surface area (Å²) in [5, 5.41) is 11.2. The molecule has 260 valence electrons. The van der Waals surface area contributed by atoms with Crippen LogP contribution in [0.1, 0.15) is 81.1 Å². The third kappa shape index (κ3) is 7.34. The quantitative estimate of drug-likeness (QED) is 0.233. The number of fused-ring (bicyclic) bond motifs is 2. The normalized spacial score (nSPS) is 21.6. The lowest BCUT2D eigenvalue weighted by molar-refractivity contribution is -0.117.